The molecule has 0 saturated heterocycles. The molecule has 0 unspecified atom stereocenters. The molecule has 1 aliphatic heterocycles. The molecule has 0 spiro atoms. The molecule has 0 amide bonds. The van der Waals surface area contributed by atoms with E-state index in [0.717, 1.165) is 42.1 Å². The Bertz CT molecular complexity index is 657. The fraction of sp³-hybridized carbons (Fsp3) is 0.267. The third kappa shape index (κ3) is 2.04. The van der Waals surface area contributed by atoms with Crippen molar-refractivity contribution in [3.63, 3.8) is 0 Å². The summed E-state index contributed by atoms with van der Waals surface area (Å²) in [4.78, 5) is 10.8. The van der Waals surface area contributed by atoms with Crippen LogP contribution in [0.2, 0.25) is 0 Å². The Morgan fingerprint density at radius 3 is 2.95 bits per heavy atom. The van der Waals surface area contributed by atoms with Gasteiger partial charge in [-0.1, -0.05) is 12.1 Å². The van der Waals surface area contributed by atoms with Gasteiger partial charge in [0.15, 0.2) is 0 Å². The van der Waals surface area contributed by atoms with Crippen LogP contribution in [0.5, 0.6) is 0 Å². The molecule has 0 aliphatic carbocycles. The first-order valence-corrected chi connectivity index (χ1v) is 6.33. The summed E-state index contributed by atoms with van der Waals surface area (Å²) in [5.41, 5.74) is 5.09. The van der Waals surface area contributed by atoms with Crippen molar-refractivity contribution in [1.29, 1.82) is 5.26 Å². The quantitative estimate of drug-likeness (QED) is 0.778. The predicted molar refractivity (Wildman–Crippen MR) is 72.7 cm³/mol. The first-order valence-electron chi connectivity index (χ1n) is 6.33. The maximum Gasteiger partial charge on any atom is 0.115 e. The van der Waals surface area contributed by atoms with E-state index >= 15 is 0 Å². The average Bonchev–Trinajstić information content (AvgIpc) is 2.47. The summed E-state index contributed by atoms with van der Waals surface area (Å²) in [6.45, 7) is 3.68. The number of nitriles is 1. The summed E-state index contributed by atoms with van der Waals surface area (Å²) in [7, 11) is 0. The van der Waals surface area contributed by atoms with Crippen molar-refractivity contribution < 1.29 is 0 Å². The highest BCUT2D eigenvalue weighted by atomic mass is 15.1. The molecule has 0 bridgehead atoms. The lowest BCUT2D eigenvalue weighted by molar-refractivity contribution is 0.697. The maximum absolute atomic E-state index is 9.20. The van der Waals surface area contributed by atoms with Gasteiger partial charge in [0.2, 0.25) is 0 Å². The lowest BCUT2D eigenvalue weighted by Crippen LogP contribution is -2.32. The van der Waals surface area contributed by atoms with Crippen molar-refractivity contribution in [1.82, 2.24) is 9.97 Å². The van der Waals surface area contributed by atoms with Crippen LogP contribution in [0.25, 0.3) is 0 Å². The third-order valence-electron chi connectivity index (χ3n) is 3.58. The number of para-hydroxylation sites is 1. The highest BCUT2D eigenvalue weighted by Crippen LogP contribution is 2.26. The fourth-order valence-electron chi connectivity index (χ4n) is 2.53. The van der Waals surface area contributed by atoms with Gasteiger partial charge >= 0.3 is 0 Å². The van der Waals surface area contributed by atoms with E-state index in [4.69, 9.17) is 0 Å². The molecule has 1 aromatic carbocycles. The molecule has 1 aliphatic rings. The van der Waals surface area contributed by atoms with E-state index in [-0.39, 0.29) is 0 Å². The van der Waals surface area contributed by atoms with Crippen LogP contribution >= 0.6 is 0 Å². The van der Waals surface area contributed by atoms with Crippen molar-refractivity contribution in [2.75, 3.05) is 11.4 Å². The van der Waals surface area contributed by atoms with E-state index in [0.29, 0.717) is 0 Å². The van der Waals surface area contributed by atoms with Crippen molar-refractivity contribution in [3.8, 4) is 6.07 Å². The molecular weight excluding hydrogens is 236 g/mol. The molecule has 0 radical (unpaired) electrons. The minimum absolute atomic E-state index is 0.723. The molecule has 0 N–H and O–H groups in total. The maximum atomic E-state index is 9.20. The summed E-state index contributed by atoms with van der Waals surface area (Å²) in [5.74, 6) is 0. The van der Waals surface area contributed by atoms with Crippen LogP contribution in [0.1, 0.15) is 22.5 Å². The van der Waals surface area contributed by atoms with E-state index in [1.807, 2.05) is 31.2 Å². The van der Waals surface area contributed by atoms with E-state index in [2.05, 4.69) is 20.9 Å². The van der Waals surface area contributed by atoms with Crippen LogP contribution < -0.4 is 4.90 Å². The zero-order chi connectivity index (χ0) is 13.2. The number of hydrogen-bond donors (Lipinski definition) is 0. The minimum atomic E-state index is 0.723. The SMILES string of the molecule is Cc1ncnc2c1CN(c1ccccc1C#N)CC2. The van der Waals surface area contributed by atoms with E-state index < -0.39 is 0 Å². The summed E-state index contributed by atoms with van der Waals surface area (Å²) < 4.78 is 0. The van der Waals surface area contributed by atoms with E-state index in [1.54, 1.807) is 6.33 Å². The van der Waals surface area contributed by atoms with E-state index in [1.165, 1.54) is 5.56 Å². The van der Waals surface area contributed by atoms with Crippen LogP contribution in [-0.2, 0) is 13.0 Å². The van der Waals surface area contributed by atoms with Gasteiger partial charge in [0, 0.05) is 30.8 Å². The smallest absolute Gasteiger partial charge is 0.115 e. The van der Waals surface area contributed by atoms with Crippen LogP contribution in [-0.4, -0.2) is 16.5 Å². The summed E-state index contributed by atoms with van der Waals surface area (Å²) in [6, 6.07) is 9.99. The third-order valence-corrected chi connectivity index (χ3v) is 3.58. The molecule has 2 heterocycles. The van der Waals surface area contributed by atoms with Gasteiger partial charge in [-0.2, -0.15) is 5.26 Å². The Morgan fingerprint density at radius 2 is 2.11 bits per heavy atom. The molecule has 94 valence electrons. The molecule has 0 fully saturated rings. The lowest BCUT2D eigenvalue weighted by atomic mass is 10.0. The van der Waals surface area contributed by atoms with E-state index in [9.17, 15) is 5.26 Å². The van der Waals surface area contributed by atoms with Crippen molar-refractivity contribution in [3.05, 3.63) is 53.1 Å². The molecule has 0 atom stereocenters. The second kappa shape index (κ2) is 4.69. The second-order valence-electron chi connectivity index (χ2n) is 4.68. The second-order valence-corrected chi connectivity index (χ2v) is 4.68. The molecule has 0 saturated carbocycles. The zero-order valence-electron chi connectivity index (χ0n) is 10.8. The number of hydrogen-bond acceptors (Lipinski definition) is 4. The van der Waals surface area contributed by atoms with Gasteiger partial charge in [-0.25, -0.2) is 9.97 Å². The Hall–Kier alpha value is -2.41. The van der Waals surface area contributed by atoms with Gasteiger partial charge in [0.05, 0.1) is 16.9 Å². The topological polar surface area (TPSA) is 52.8 Å². The van der Waals surface area contributed by atoms with Crippen LogP contribution in [0, 0.1) is 18.3 Å². The number of nitrogens with zero attached hydrogens (tertiary/aromatic N) is 4. The van der Waals surface area contributed by atoms with Crippen LogP contribution in [0.15, 0.2) is 30.6 Å². The molecule has 19 heavy (non-hydrogen) atoms. The number of anilines is 1. The summed E-state index contributed by atoms with van der Waals surface area (Å²) in [5, 5.41) is 9.20. The number of aryl methyl sites for hydroxylation is 1. The number of aromatic nitrogens is 2. The van der Waals surface area contributed by atoms with Gasteiger partial charge in [0.25, 0.3) is 0 Å². The Morgan fingerprint density at radius 1 is 1.26 bits per heavy atom. The lowest BCUT2D eigenvalue weighted by Gasteiger charge is -2.31. The Labute approximate surface area is 112 Å². The van der Waals surface area contributed by atoms with Crippen LogP contribution in [0.4, 0.5) is 5.69 Å². The highest BCUT2D eigenvalue weighted by molar-refractivity contribution is 5.60. The van der Waals surface area contributed by atoms with Gasteiger partial charge in [0.1, 0.15) is 12.4 Å². The Kier molecular flexibility index (Phi) is 2.88. The molecule has 4 nitrogen and oxygen atoms in total. The number of fused-ring (bicyclic) bond motifs is 1. The average molecular weight is 250 g/mol. The monoisotopic (exact) mass is 250 g/mol. The molecule has 1 aromatic heterocycles. The van der Waals surface area contributed by atoms with Crippen molar-refractivity contribution >= 4 is 5.69 Å². The molecule has 3 rings (SSSR count). The number of benzene rings is 1. The summed E-state index contributed by atoms with van der Waals surface area (Å²) in [6.07, 6.45) is 2.53. The van der Waals surface area contributed by atoms with Gasteiger partial charge in [-0.05, 0) is 19.1 Å². The fourth-order valence-corrected chi connectivity index (χ4v) is 2.53. The first kappa shape index (κ1) is 11.7. The van der Waals surface area contributed by atoms with Gasteiger partial charge < -0.3 is 4.90 Å². The van der Waals surface area contributed by atoms with Gasteiger partial charge in [-0.3, -0.25) is 0 Å². The van der Waals surface area contributed by atoms with Crippen molar-refractivity contribution in [2.24, 2.45) is 0 Å². The normalized spacial score (nSPS) is 13.8. The van der Waals surface area contributed by atoms with Gasteiger partial charge in [-0.15, -0.1) is 0 Å². The summed E-state index contributed by atoms with van der Waals surface area (Å²) >= 11 is 0. The number of rotatable bonds is 1. The molecule has 2 aromatic rings. The first-order chi connectivity index (χ1) is 9.29. The minimum Gasteiger partial charge on any atom is -0.366 e. The molecular formula is C15H14N4. The Balaban J connectivity index is 1.98. The predicted octanol–water partition coefficient (Wildman–Crippen LogP) is 2.22. The highest BCUT2D eigenvalue weighted by Gasteiger charge is 2.21. The zero-order valence-corrected chi connectivity index (χ0v) is 10.8. The van der Waals surface area contributed by atoms with Crippen molar-refractivity contribution in [2.45, 2.75) is 19.9 Å². The molecule has 4 heteroatoms. The standard InChI is InChI=1S/C15H14N4/c1-11-13-9-19(7-6-14(13)18-10-17-11)15-5-3-2-4-12(15)8-16/h2-5,10H,6-7,9H2,1H3. The largest absolute Gasteiger partial charge is 0.366 e. The van der Waals surface area contributed by atoms with Crippen LogP contribution in [0.3, 0.4) is 0 Å².